The van der Waals surface area contributed by atoms with Crippen molar-refractivity contribution in [3.05, 3.63) is 71.0 Å². The Morgan fingerprint density at radius 3 is 2.12 bits per heavy atom. The van der Waals surface area contributed by atoms with Crippen molar-refractivity contribution in [2.24, 2.45) is 0 Å². The van der Waals surface area contributed by atoms with Gasteiger partial charge in [-0.3, -0.25) is 0 Å². The highest BCUT2D eigenvalue weighted by atomic mass is 19.1. The fourth-order valence-corrected chi connectivity index (χ4v) is 2.65. The van der Waals surface area contributed by atoms with Gasteiger partial charge in [0.1, 0.15) is 5.82 Å². The molecule has 0 radical (unpaired) electrons. The molecule has 1 N–H and O–H groups in total. The van der Waals surface area contributed by atoms with E-state index >= 15 is 0 Å². The van der Waals surface area contributed by atoms with Gasteiger partial charge < -0.3 is 10.2 Å². The number of urea groups is 1. The van der Waals surface area contributed by atoms with Gasteiger partial charge in [-0.05, 0) is 48.1 Å². The maximum absolute atomic E-state index is 13.0. The minimum atomic E-state index is -0.272. The molecule has 0 spiro atoms. The van der Waals surface area contributed by atoms with E-state index in [4.69, 9.17) is 0 Å². The lowest BCUT2D eigenvalue weighted by molar-refractivity contribution is 0.194. The summed E-state index contributed by atoms with van der Waals surface area (Å²) in [5.41, 5.74) is 3.43. The fourth-order valence-electron chi connectivity index (χ4n) is 2.65. The maximum atomic E-state index is 13.0. The van der Waals surface area contributed by atoms with Crippen LogP contribution in [-0.4, -0.2) is 24.5 Å². The highest BCUT2D eigenvalue weighted by Crippen LogP contribution is 2.19. The first kappa shape index (κ1) is 19.0. The van der Waals surface area contributed by atoms with Crippen molar-refractivity contribution in [1.29, 1.82) is 0 Å². The van der Waals surface area contributed by atoms with E-state index in [2.05, 4.69) is 43.4 Å². The molecule has 0 unspecified atom stereocenters. The zero-order valence-electron chi connectivity index (χ0n) is 15.4. The van der Waals surface area contributed by atoms with Gasteiger partial charge in [0.25, 0.3) is 0 Å². The van der Waals surface area contributed by atoms with Crippen LogP contribution in [0.2, 0.25) is 0 Å². The van der Waals surface area contributed by atoms with E-state index in [1.165, 1.54) is 23.3 Å². The molecule has 0 saturated heterocycles. The highest BCUT2D eigenvalue weighted by Gasteiger charge is 2.16. The molecule has 0 bridgehead atoms. The molecular weight excluding hydrogens is 315 g/mol. The number of hydrogen-bond donors (Lipinski definition) is 1. The number of rotatable bonds is 6. The molecule has 4 heteroatoms. The molecule has 134 valence electrons. The lowest BCUT2D eigenvalue weighted by atomic mass is 10.0. The zero-order valence-corrected chi connectivity index (χ0v) is 15.4. The lowest BCUT2D eigenvalue weighted by Gasteiger charge is -2.25. The molecule has 1 atom stereocenters. The minimum absolute atomic E-state index is 0.120. The third-order valence-electron chi connectivity index (χ3n) is 4.59. The number of carbonyl (C=O) groups excluding carboxylic acids is 1. The van der Waals surface area contributed by atoms with Crippen LogP contribution in [0.3, 0.4) is 0 Å². The highest BCUT2D eigenvalue weighted by molar-refractivity contribution is 5.74. The van der Waals surface area contributed by atoms with E-state index in [0.717, 1.165) is 12.0 Å². The summed E-state index contributed by atoms with van der Waals surface area (Å²) in [6, 6.07) is 14.5. The second-order valence-corrected chi connectivity index (χ2v) is 6.72. The minimum Gasteiger partial charge on any atom is -0.338 e. The molecule has 2 rings (SSSR count). The van der Waals surface area contributed by atoms with Crippen LogP contribution in [0.25, 0.3) is 0 Å². The summed E-state index contributed by atoms with van der Waals surface area (Å²) in [6.45, 7) is 6.86. The predicted octanol–water partition coefficient (Wildman–Crippen LogP) is 4.89. The summed E-state index contributed by atoms with van der Waals surface area (Å²) in [4.78, 5) is 13.9. The van der Waals surface area contributed by atoms with Crippen molar-refractivity contribution in [2.75, 3.05) is 13.6 Å². The Balaban J connectivity index is 1.83. The van der Waals surface area contributed by atoms with Gasteiger partial charge in [0, 0.05) is 13.6 Å². The van der Waals surface area contributed by atoms with Crippen LogP contribution in [0.1, 0.15) is 49.4 Å². The van der Waals surface area contributed by atoms with Gasteiger partial charge in [0.05, 0.1) is 6.04 Å². The Bertz CT molecular complexity index is 680. The number of halogens is 1. The van der Waals surface area contributed by atoms with Crippen molar-refractivity contribution >= 4 is 6.03 Å². The van der Waals surface area contributed by atoms with E-state index in [0.29, 0.717) is 12.5 Å². The summed E-state index contributed by atoms with van der Waals surface area (Å²) < 4.78 is 13.0. The van der Waals surface area contributed by atoms with Crippen LogP contribution in [0.4, 0.5) is 9.18 Å². The largest absolute Gasteiger partial charge is 0.338 e. The van der Waals surface area contributed by atoms with Gasteiger partial charge in [-0.1, -0.05) is 50.2 Å². The SMILES string of the molecule is CC(C)c1ccc(CCNC(=O)N(C)[C@H](C)c2ccc(F)cc2)cc1. The fraction of sp³-hybridized carbons (Fsp3) is 0.381. The summed E-state index contributed by atoms with van der Waals surface area (Å²) in [5.74, 6) is 0.252. The second kappa shape index (κ2) is 8.65. The first-order valence-electron chi connectivity index (χ1n) is 8.73. The van der Waals surface area contributed by atoms with E-state index in [9.17, 15) is 9.18 Å². The monoisotopic (exact) mass is 342 g/mol. The van der Waals surface area contributed by atoms with Crippen molar-refractivity contribution in [3.8, 4) is 0 Å². The summed E-state index contributed by atoms with van der Waals surface area (Å²) >= 11 is 0. The van der Waals surface area contributed by atoms with Gasteiger partial charge in [-0.2, -0.15) is 0 Å². The Labute approximate surface area is 149 Å². The molecule has 0 fully saturated rings. The maximum Gasteiger partial charge on any atom is 0.317 e. The first-order valence-corrected chi connectivity index (χ1v) is 8.73. The molecule has 2 aromatic carbocycles. The van der Waals surface area contributed by atoms with E-state index in [-0.39, 0.29) is 17.9 Å². The van der Waals surface area contributed by atoms with Crippen LogP contribution < -0.4 is 5.32 Å². The Morgan fingerprint density at radius 2 is 1.56 bits per heavy atom. The molecule has 0 aromatic heterocycles. The van der Waals surface area contributed by atoms with E-state index in [1.54, 1.807) is 24.1 Å². The third-order valence-corrected chi connectivity index (χ3v) is 4.59. The standard InChI is InChI=1S/C21H27FN2O/c1-15(2)18-7-5-17(6-8-18)13-14-23-21(25)24(4)16(3)19-9-11-20(22)12-10-19/h5-12,15-16H,13-14H2,1-4H3,(H,23,25)/t16-/m1/s1. The molecule has 0 heterocycles. The van der Waals surface area contributed by atoms with Crippen LogP contribution in [-0.2, 0) is 6.42 Å². The molecule has 0 saturated carbocycles. The van der Waals surface area contributed by atoms with Crippen LogP contribution >= 0.6 is 0 Å². The molecule has 3 nitrogen and oxygen atoms in total. The number of nitrogens with zero attached hydrogens (tertiary/aromatic N) is 1. The average molecular weight is 342 g/mol. The van der Waals surface area contributed by atoms with Crippen LogP contribution in [0.15, 0.2) is 48.5 Å². The quantitative estimate of drug-likeness (QED) is 0.796. The predicted molar refractivity (Wildman–Crippen MR) is 100 cm³/mol. The molecule has 25 heavy (non-hydrogen) atoms. The number of carbonyl (C=O) groups is 1. The van der Waals surface area contributed by atoms with E-state index < -0.39 is 0 Å². The number of amides is 2. The molecule has 2 aromatic rings. The molecule has 2 amide bonds. The van der Waals surface area contributed by atoms with Crippen LogP contribution in [0.5, 0.6) is 0 Å². The zero-order chi connectivity index (χ0) is 18.4. The molecule has 0 aliphatic carbocycles. The van der Waals surface area contributed by atoms with Crippen molar-refractivity contribution in [3.63, 3.8) is 0 Å². The van der Waals surface area contributed by atoms with Gasteiger partial charge in [0.2, 0.25) is 0 Å². The molecule has 0 aliphatic rings. The average Bonchev–Trinajstić information content (AvgIpc) is 2.61. The van der Waals surface area contributed by atoms with E-state index in [1.807, 2.05) is 6.92 Å². The summed E-state index contributed by atoms with van der Waals surface area (Å²) in [7, 11) is 1.75. The topological polar surface area (TPSA) is 32.3 Å². The lowest BCUT2D eigenvalue weighted by Crippen LogP contribution is -2.39. The number of benzene rings is 2. The Kier molecular flexibility index (Phi) is 6.57. The van der Waals surface area contributed by atoms with Crippen molar-refractivity contribution in [1.82, 2.24) is 10.2 Å². The Morgan fingerprint density at radius 1 is 1.00 bits per heavy atom. The summed E-state index contributed by atoms with van der Waals surface area (Å²) in [5, 5.41) is 2.94. The number of nitrogens with one attached hydrogen (secondary N) is 1. The smallest absolute Gasteiger partial charge is 0.317 e. The Hall–Kier alpha value is -2.36. The van der Waals surface area contributed by atoms with Gasteiger partial charge in [0.15, 0.2) is 0 Å². The molecule has 0 aliphatic heterocycles. The second-order valence-electron chi connectivity index (χ2n) is 6.72. The van der Waals surface area contributed by atoms with Crippen molar-refractivity contribution in [2.45, 2.75) is 39.2 Å². The normalized spacial score (nSPS) is 12.1. The van der Waals surface area contributed by atoms with Crippen LogP contribution in [0, 0.1) is 5.82 Å². The molecular formula is C21H27FN2O. The van der Waals surface area contributed by atoms with Crippen molar-refractivity contribution < 1.29 is 9.18 Å². The first-order chi connectivity index (χ1) is 11.9. The van der Waals surface area contributed by atoms with Gasteiger partial charge in [-0.15, -0.1) is 0 Å². The summed E-state index contributed by atoms with van der Waals surface area (Å²) in [6.07, 6.45) is 0.795. The number of hydrogen-bond acceptors (Lipinski definition) is 1. The van der Waals surface area contributed by atoms with Gasteiger partial charge in [-0.25, -0.2) is 9.18 Å². The third kappa shape index (κ3) is 5.31. The van der Waals surface area contributed by atoms with Gasteiger partial charge >= 0.3 is 6.03 Å².